The maximum Gasteiger partial charge on any atom is 0.0916 e. The Morgan fingerprint density at radius 1 is 1.29 bits per heavy atom. The summed E-state index contributed by atoms with van der Waals surface area (Å²) in [6, 6.07) is 0. The minimum absolute atomic E-state index is 0.604. The zero-order valence-electron chi connectivity index (χ0n) is 9.08. The minimum atomic E-state index is -3.92. The van der Waals surface area contributed by atoms with Gasteiger partial charge in [0, 0.05) is 19.1 Å². The van der Waals surface area contributed by atoms with Crippen molar-refractivity contribution in [1.82, 2.24) is 0 Å². The molecule has 0 aromatic heterocycles. The van der Waals surface area contributed by atoms with Crippen LogP contribution in [0.3, 0.4) is 0 Å². The molecule has 4 nitrogen and oxygen atoms in total. The molecule has 1 fully saturated rings. The zero-order valence-corrected chi connectivity index (χ0v) is 9.90. The number of likely N-dealkylation sites (tertiary alicyclic amines) is 1. The summed E-state index contributed by atoms with van der Waals surface area (Å²) in [6.07, 6.45) is 6.34. The minimum Gasteiger partial charge on any atom is -0.748 e. The summed E-state index contributed by atoms with van der Waals surface area (Å²) in [5.74, 6) is 0. The van der Waals surface area contributed by atoms with Gasteiger partial charge in [0.25, 0.3) is 0 Å². The molecule has 1 aliphatic heterocycles. The van der Waals surface area contributed by atoms with Crippen LogP contribution in [0.25, 0.3) is 0 Å². The number of hydrogen-bond acceptors (Lipinski definition) is 3. The van der Waals surface area contributed by atoms with Crippen LogP contribution < -0.4 is 4.90 Å². The fourth-order valence-corrected chi connectivity index (χ4v) is 1.55. The lowest BCUT2D eigenvalue weighted by atomic mass is 10.3. The standard InChI is InChI=1S/C8H17N.CH4O3S/c1-2-3-6-9-7-4-5-8-9;1-5(2,3)4/h2-8H2,1H3;1H3,(H,2,3,4). The van der Waals surface area contributed by atoms with Crippen LogP contribution in [-0.4, -0.2) is 38.9 Å². The zero-order chi connectivity index (χ0) is 11.0. The van der Waals surface area contributed by atoms with Gasteiger partial charge in [0.1, 0.15) is 0 Å². The van der Waals surface area contributed by atoms with Crippen molar-refractivity contribution in [3.8, 4) is 0 Å². The van der Waals surface area contributed by atoms with Gasteiger partial charge in [0.15, 0.2) is 0 Å². The average molecular weight is 223 g/mol. The second-order valence-electron chi connectivity index (χ2n) is 3.76. The first-order valence-electron chi connectivity index (χ1n) is 5.18. The van der Waals surface area contributed by atoms with Crippen molar-refractivity contribution in [3.63, 3.8) is 0 Å². The molecular weight excluding hydrogens is 202 g/mol. The normalized spacial score (nSPS) is 17.6. The molecule has 0 radical (unpaired) electrons. The summed E-state index contributed by atoms with van der Waals surface area (Å²) in [5.41, 5.74) is 0. The van der Waals surface area contributed by atoms with E-state index in [0.717, 1.165) is 0 Å². The highest BCUT2D eigenvalue weighted by molar-refractivity contribution is 7.84. The van der Waals surface area contributed by atoms with E-state index in [1.807, 2.05) is 4.90 Å². The Morgan fingerprint density at radius 3 is 2.07 bits per heavy atom. The van der Waals surface area contributed by atoms with Gasteiger partial charge in [0.05, 0.1) is 29.8 Å². The third-order valence-electron chi connectivity index (χ3n) is 2.19. The molecule has 0 aromatic rings. The van der Waals surface area contributed by atoms with Gasteiger partial charge in [-0.3, -0.25) is 0 Å². The lowest BCUT2D eigenvalue weighted by Gasteiger charge is -2.09. The monoisotopic (exact) mass is 223 g/mol. The van der Waals surface area contributed by atoms with E-state index in [1.54, 1.807) is 0 Å². The first kappa shape index (κ1) is 13.9. The molecule has 0 atom stereocenters. The van der Waals surface area contributed by atoms with E-state index < -0.39 is 10.1 Å². The first-order valence-corrected chi connectivity index (χ1v) is 6.99. The molecule has 14 heavy (non-hydrogen) atoms. The van der Waals surface area contributed by atoms with Gasteiger partial charge in [-0.2, -0.15) is 0 Å². The van der Waals surface area contributed by atoms with E-state index in [1.165, 1.54) is 45.3 Å². The molecule has 0 aromatic carbocycles. The van der Waals surface area contributed by atoms with Gasteiger partial charge < -0.3 is 9.45 Å². The third-order valence-corrected chi connectivity index (χ3v) is 2.19. The second kappa shape index (κ2) is 7.20. The van der Waals surface area contributed by atoms with Crippen LogP contribution in [0.5, 0.6) is 0 Å². The van der Waals surface area contributed by atoms with Gasteiger partial charge >= 0.3 is 0 Å². The van der Waals surface area contributed by atoms with Gasteiger partial charge in [0.2, 0.25) is 0 Å². The molecule has 0 amide bonds. The number of nitrogens with one attached hydrogen (secondary N) is 1. The van der Waals surface area contributed by atoms with Crippen LogP contribution >= 0.6 is 0 Å². The molecule has 0 unspecified atom stereocenters. The van der Waals surface area contributed by atoms with Gasteiger partial charge in [-0.05, 0) is 6.42 Å². The summed E-state index contributed by atoms with van der Waals surface area (Å²) in [7, 11) is -3.92. The molecule has 0 aliphatic carbocycles. The van der Waals surface area contributed by atoms with E-state index >= 15 is 0 Å². The molecule has 1 aliphatic rings. The lowest BCUT2D eigenvalue weighted by Crippen LogP contribution is -3.09. The highest BCUT2D eigenvalue weighted by atomic mass is 32.2. The van der Waals surface area contributed by atoms with E-state index in [0.29, 0.717) is 6.26 Å². The van der Waals surface area contributed by atoms with E-state index in [2.05, 4.69) is 6.92 Å². The molecule has 1 N–H and O–H groups in total. The van der Waals surface area contributed by atoms with E-state index in [9.17, 15) is 0 Å². The fourth-order valence-electron chi connectivity index (χ4n) is 1.55. The smallest absolute Gasteiger partial charge is 0.0916 e. The molecule has 5 heteroatoms. The van der Waals surface area contributed by atoms with Crippen molar-refractivity contribution in [2.45, 2.75) is 32.6 Å². The molecule has 0 spiro atoms. The molecular formula is C9H21NO3S. The van der Waals surface area contributed by atoms with Crippen LogP contribution in [0.4, 0.5) is 0 Å². The fraction of sp³-hybridized carbons (Fsp3) is 1.00. The maximum atomic E-state index is 9.08. The van der Waals surface area contributed by atoms with Crippen molar-refractivity contribution >= 4 is 10.1 Å². The Morgan fingerprint density at radius 2 is 1.71 bits per heavy atom. The van der Waals surface area contributed by atoms with Crippen molar-refractivity contribution in [1.29, 1.82) is 0 Å². The van der Waals surface area contributed by atoms with Crippen LogP contribution in [-0.2, 0) is 10.1 Å². The third kappa shape index (κ3) is 11.9. The highest BCUT2D eigenvalue weighted by Crippen LogP contribution is 1.89. The van der Waals surface area contributed by atoms with Gasteiger partial charge in [-0.15, -0.1) is 0 Å². The molecule has 86 valence electrons. The average Bonchev–Trinajstić information content (AvgIpc) is 2.49. The number of hydrogen-bond donors (Lipinski definition) is 1. The molecule has 1 heterocycles. The van der Waals surface area contributed by atoms with Gasteiger partial charge in [-0.1, -0.05) is 13.3 Å². The number of quaternary nitrogens is 1. The molecule has 1 saturated heterocycles. The number of unbranched alkanes of at least 4 members (excludes halogenated alkanes) is 1. The predicted molar refractivity (Wildman–Crippen MR) is 55.3 cm³/mol. The van der Waals surface area contributed by atoms with E-state index in [-0.39, 0.29) is 0 Å². The number of rotatable bonds is 3. The van der Waals surface area contributed by atoms with Crippen molar-refractivity contribution in [3.05, 3.63) is 0 Å². The predicted octanol–water partition coefficient (Wildman–Crippen LogP) is -0.373. The van der Waals surface area contributed by atoms with Crippen LogP contribution in [0.1, 0.15) is 32.6 Å². The largest absolute Gasteiger partial charge is 0.748 e. The lowest BCUT2D eigenvalue weighted by molar-refractivity contribution is -0.887. The van der Waals surface area contributed by atoms with Crippen LogP contribution in [0, 0.1) is 0 Å². The van der Waals surface area contributed by atoms with Crippen molar-refractivity contribution in [2.75, 3.05) is 25.9 Å². The summed E-state index contributed by atoms with van der Waals surface area (Å²) in [4.78, 5) is 1.84. The summed E-state index contributed by atoms with van der Waals surface area (Å²) in [5, 5.41) is 0. The SMILES string of the molecule is CCCC[NH+]1CCCC1.CS(=O)(=O)[O-]. The Bertz CT molecular complexity index is 212. The Labute approximate surface area is 87.0 Å². The van der Waals surface area contributed by atoms with Gasteiger partial charge in [-0.25, -0.2) is 8.42 Å². The highest BCUT2D eigenvalue weighted by Gasteiger charge is 2.13. The molecule has 0 bridgehead atoms. The van der Waals surface area contributed by atoms with Crippen molar-refractivity contribution in [2.24, 2.45) is 0 Å². The molecule has 0 saturated carbocycles. The molecule has 1 rings (SSSR count). The summed E-state index contributed by atoms with van der Waals surface area (Å²) in [6.45, 7) is 6.59. The van der Waals surface area contributed by atoms with Crippen molar-refractivity contribution < 1.29 is 17.9 Å². The maximum absolute atomic E-state index is 9.08. The van der Waals surface area contributed by atoms with Crippen LogP contribution in [0.2, 0.25) is 0 Å². The summed E-state index contributed by atoms with van der Waals surface area (Å²) >= 11 is 0. The Kier molecular flexibility index (Phi) is 7.13. The second-order valence-corrected chi connectivity index (χ2v) is 5.17. The Hall–Kier alpha value is -0.130. The summed E-state index contributed by atoms with van der Waals surface area (Å²) < 4.78 is 27.2. The first-order chi connectivity index (χ1) is 6.43. The van der Waals surface area contributed by atoms with E-state index in [4.69, 9.17) is 13.0 Å². The topological polar surface area (TPSA) is 61.6 Å². The Balaban J connectivity index is 0.000000292. The quantitative estimate of drug-likeness (QED) is 0.664. The van der Waals surface area contributed by atoms with Crippen LogP contribution in [0.15, 0.2) is 0 Å².